The quantitative estimate of drug-likeness (QED) is 0.786. The number of nitrogens with zero attached hydrogens (tertiary/aromatic N) is 3. The van der Waals surface area contributed by atoms with Crippen LogP contribution in [0.2, 0.25) is 10.0 Å². The van der Waals surface area contributed by atoms with E-state index in [9.17, 15) is 4.79 Å². The van der Waals surface area contributed by atoms with E-state index in [0.29, 0.717) is 22.2 Å². The van der Waals surface area contributed by atoms with Crippen LogP contribution in [0.25, 0.3) is 5.82 Å². The molecule has 23 heavy (non-hydrogen) atoms. The zero-order chi connectivity index (χ0) is 16.2. The lowest BCUT2D eigenvalue weighted by Gasteiger charge is -2.08. The van der Waals surface area contributed by atoms with Gasteiger partial charge in [-0.05, 0) is 35.9 Å². The first-order valence-corrected chi connectivity index (χ1v) is 7.55. The number of amides is 1. The molecule has 1 amide bonds. The fraction of sp³-hybridized carbons (Fsp3) is 0.0625. The normalized spacial score (nSPS) is 10.5. The van der Waals surface area contributed by atoms with Crippen LogP contribution in [0.1, 0.15) is 15.9 Å². The maximum Gasteiger partial charge on any atom is 0.251 e. The van der Waals surface area contributed by atoms with E-state index in [2.05, 4.69) is 15.3 Å². The van der Waals surface area contributed by atoms with Crippen molar-refractivity contribution in [2.24, 2.45) is 0 Å². The largest absolute Gasteiger partial charge is 0.348 e. The predicted molar refractivity (Wildman–Crippen MR) is 89.0 cm³/mol. The number of benzene rings is 1. The number of aromatic nitrogens is 3. The zero-order valence-corrected chi connectivity index (χ0v) is 13.4. The van der Waals surface area contributed by atoms with E-state index < -0.39 is 0 Å². The fourth-order valence-electron chi connectivity index (χ4n) is 2.03. The molecule has 5 nitrogen and oxygen atoms in total. The Labute approximate surface area is 142 Å². The minimum atomic E-state index is -0.218. The first kappa shape index (κ1) is 15.5. The van der Waals surface area contributed by atoms with Gasteiger partial charge in [-0.25, -0.2) is 9.97 Å². The van der Waals surface area contributed by atoms with Crippen LogP contribution >= 0.6 is 23.2 Å². The second kappa shape index (κ2) is 6.81. The highest BCUT2D eigenvalue weighted by atomic mass is 35.5. The van der Waals surface area contributed by atoms with Gasteiger partial charge < -0.3 is 5.32 Å². The lowest BCUT2D eigenvalue weighted by molar-refractivity contribution is 0.0951. The van der Waals surface area contributed by atoms with Crippen LogP contribution in [-0.4, -0.2) is 20.4 Å². The van der Waals surface area contributed by atoms with E-state index in [1.807, 2.05) is 12.1 Å². The SMILES string of the molecule is O=C(NCc1ccnc(-n2ccnc2)c1)c1ccc(Cl)c(Cl)c1. The zero-order valence-electron chi connectivity index (χ0n) is 11.9. The van der Waals surface area contributed by atoms with Gasteiger partial charge >= 0.3 is 0 Å². The molecule has 0 aliphatic rings. The Bertz CT molecular complexity index is 834. The van der Waals surface area contributed by atoms with Gasteiger partial charge in [-0.1, -0.05) is 23.2 Å². The highest BCUT2D eigenvalue weighted by molar-refractivity contribution is 6.42. The summed E-state index contributed by atoms with van der Waals surface area (Å²) < 4.78 is 1.80. The summed E-state index contributed by atoms with van der Waals surface area (Å²) in [6, 6.07) is 8.50. The van der Waals surface area contributed by atoms with Gasteiger partial charge in [0.2, 0.25) is 0 Å². The number of nitrogens with one attached hydrogen (secondary N) is 1. The molecule has 1 aromatic carbocycles. The van der Waals surface area contributed by atoms with Crippen molar-refractivity contribution in [1.82, 2.24) is 19.9 Å². The number of hydrogen-bond acceptors (Lipinski definition) is 3. The highest BCUT2D eigenvalue weighted by Crippen LogP contribution is 2.22. The number of halogens is 2. The number of carbonyl (C=O) groups is 1. The molecule has 116 valence electrons. The summed E-state index contributed by atoms with van der Waals surface area (Å²) in [4.78, 5) is 20.4. The smallest absolute Gasteiger partial charge is 0.251 e. The van der Waals surface area contributed by atoms with Gasteiger partial charge in [0.25, 0.3) is 5.91 Å². The maximum atomic E-state index is 12.2. The number of rotatable bonds is 4. The third kappa shape index (κ3) is 3.70. The molecule has 1 N–H and O–H groups in total. The lowest BCUT2D eigenvalue weighted by atomic mass is 10.2. The van der Waals surface area contributed by atoms with Gasteiger partial charge in [-0.3, -0.25) is 9.36 Å². The summed E-state index contributed by atoms with van der Waals surface area (Å²) in [6.07, 6.45) is 6.84. The summed E-state index contributed by atoms with van der Waals surface area (Å²) in [7, 11) is 0. The first-order valence-electron chi connectivity index (χ1n) is 6.80. The van der Waals surface area contributed by atoms with Crippen molar-refractivity contribution < 1.29 is 4.79 Å². The van der Waals surface area contributed by atoms with Crippen LogP contribution < -0.4 is 5.32 Å². The van der Waals surface area contributed by atoms with Crippen molar-refractivity contribution in [2.45, 2.75) is 6.54 Å². The molecule has 0 aliphatic carbocycles. The minimum Gasteiger partial charge on any atom is -0.348 e. The van der Waals surface area contributed by atoms with Gasteiger partial charge in [-0.2, -0.15) is 0 Å². The van der Waals surface area contributed by atoms with Crippen molar-refractivity contribution >= 4 is 29.1 Å². The summed E-state index contributed by atoms with van der Waals surface area (Å²) in [6.45, 7) is 0.378. The molecule has 7 heteroatoms. The number of pyridine rings is 1. The molecule has 0 atom stereocenters. The molecule has 0 bridgehead atoms. The summed E-state index contributed by atoms with van der Waals surface area (Å²) in [5, 5.41) is 3.61. The molecule has 3 aromatic rings. The van der Waals surface area contributed by atoms with Crippen LogP contribution in [0, 0.1) is 0 Å². The highest BCUT2D eigenvalue weighted by Gasteiger charge is 2.08. The van der Waals surface area contributed by atoms with Crippen LogP contribution in [0.4, 0.5) is 0 Å². The molecule has 0 saturated heterocycles. The van der Waals surface area contributed by atoms with Crippen LogP contribution in [0.5, 0.6) is 0 Å². The Hall–Kier alpha value is -2.37. The number of imidazole rings is 1. The molecular formula is C16H12Cl2N4O. The van der Waals surface area contributed by atoms with E-state index >= 15 is 0 Å². The molecule has 0 fully saturated rings. The van der Waals surface area contributed by atoms with Crippen LogP contribution in [0.15, 0.2) is 55.2 Å². The van der Waals surface area contributed by atoms with Crippen LogP contribution in [0.3, 0.4) is 0 Å². The topological polar surface area (TPSA) is 59.8 Å². The third-order valence-corrected chi connectivity index (χ3v) is 3.95. The van der Waals surface area contributed by atoms with Gasteiger partial charge in [0.15, 0.2) is 0 Å². The standard InChI is InChI=1S/C16H12Cl2N4O/c17-13-2-1-12(8-14(13)18)16(23)21-9-11-3-4-20-15(7-11)22-6-5-19-10-22/h1-8,10H,9H2,(H,21,23). The summed E-state index contributed by atoms with van der Waals surface area (Å²) in [5.74, 6) is 0.522. The van der Waals surface area contributed by atoms with Crippen molar-refractivity contribution in [3.8, 4) is 5.82 Å². The molecule has 0 spiro atoms. The molecule has 2 heterocycles. The Kier molecular flexibility index (Phi) is 4.60. The van der Waals surface area contributed by atoms with Crippen LogP contribution in [-0.2, 0) is 6.54 Å². The van der Waals surface area contributed by atoms with Gasteiger partial charge in [0, 0.05) is 30.7 Å². The monoisotopic (exact) mass is 346 g/mol. The summed E-state index contributed by atoms with van der Waals surface area (Å²) in [5.41, 5.74) is 1.39. The first-order chi connectivity index (χ1) is 11.1. The predicted octanol–water partition coefficient (Wildman–Crippen LogP) is 3.50. The number of hydrogen-bond donors (Lipinski definition) is 1. The summed E-state index contributed by atoms with van der Waals surface area (Å²) >= 11 is 11.8. The van der Waals surface area contributed by atoms with Gasteiger partial charge in [0.05, 0.1) is 10.0 Å². The fourth-order valence-corrected chi connectivity index (χ4v) is 2.33. The molecule has 0 radical (unpaired) electrons. The van der Waals surface area contributed by atoms with Gasteiger partial charge in [-0.15, -0.1) is 0 Å². The Morgan fingerprint density at radius 3 is 2.74 bits per heavy atom. The molecule has 0 unspecified atom stereocenters. The molecule has 0 saturated carbocycles. The Morgan fingerprint density at radius 2 is 2.00 bits per heavy atom. The van der Waals surface area contributed by atoms with E-state index in [-0.39, 0.29) is 5.91 Å². The van der Waals surface area contributed by atoms with Gasteiger partial charge in [0.1, 0.15) is 12.1 Å². The Morgan fingerprint density at radius 1 is 1.13 bits per heavy atom. The van der Waals surface area contributed by atoms with E-state index in [4.69, 9.17) is 23.2 Å². The second-order valence-electron chi connectivity index (χ2n) is 4.80. The molecular weight excluding hydrogens is 335 g/mol. The van der Waals surface area contributed by atoms with Crippen molar-refractivity contribution in [3.63, 3.8) is 0 Å². The van der Waals surface area contributed by atoms with E-state index in [1.165, 1.54) is 0 Å². The molecule has 0 aliphatic heterocycles. The molecule has 2 aromatic heterocycles. The Balaban J connectivity index is 1.69. The lowest BCUT2D eigenvalue weighted by Crippen LogP contribution is -2.22. The number of carbonyl (C=O) groups excluding carboxylic acids is 1. The second-order valence-corrected chi connectivity index (χ2v) is 5.62. The van der Waals surface area contributed by atoms with E-state index in [1.54, 1.807) is 47.7 Å². The van der Waals surface area contributed by atoms with E-state index in [0.717, 1.165) is 11.4 Å². The molecule has 3 rings (SSSR count). The maximum absolute atomic E-state index is 12.2. The third-order valence-electron chi connectivity index (χ3n) is 3.21. The van der Waals surface area contributed by atoms with Crippen molar-refractivity contribution in [3.05, 3.63) is 76.4 Å². The van der Waals surface area contributed by atoms with Crippen molar-refractivity contribution in [1.29, 1.82) is 0 Å². The van der Waals surface area contributed by atoms with Crippen molar-refractivity contribution in [2.75, 3.05) is 0 Å². The average Bonchev–Trinajstić information content (AvgIpc) is 3.10. The minimum absolute atomic E-state index is 0.218. The average molecular weight is 347 g/mol.